The lowest BCUT2D eigenvalue weighted by molar-refractivity contribution is 0.0954. The van der Waals surface area contributed by atoms with Gasteiger partial charge in [-0.15, -0.1) is 23.7 Å². The molecule has 0 radical (unpaired) electrons. The average Bonchev–Trinajstić information content (AvgIpc) is 3.25. The molecule has 1 N–H and O–H groups in total. The van der Waals surface area contributed by atoms with Gasteiger partial charge >= 0.3 is 5.69 Å². The van der Waals surface area contributed by atoms with Crippen LogP contribution in [0.1, 0.15) is 26.4 Å². The van der Waals surface area contributed by atoms with Crippen molar-refractivity contribution >= 4 is 34.5 Å². The van der Waals surface area contributed by atoms with Crippen LogP contribution in [-0.2, 0) is 13.1 Å². The molecule has 0 aliphatic heterocycles. The maximum Gasteiger partial charge on any atom is 0.336 e. The highest BCUT2D eigenvalue weighted by atomic mass is 35.5. The molecule has 3 heterocycles. The molecule has 0 aliphatic carbocycles. The second-order valence-corrected chi connectivity index (χ2v) is 8.12. The van der Waals surface area contributed by atoms with Crippen LogP contribution in [0.4, 0.5) is 4.39 Å². The van der Waals surface area contributed by atoms with Crippen LogP contribution in [0.25, 0.3) is 4.83 Å². The zero-order valence-electron chi connectivity index (χ0n) is 17.7. The van der Waals surface area contributed by atoms with E-state index in [9.17, 15) is 18.8 Å². The molecule has 0 saturated heterocycles. The van der Waals surface area contributed by atoms with Crippen LogP contribution in [-0.4, -0.2) is 27.0 Å². The summed E-state index contributed by atoms with van der Waals surface area (Å²) in [7, 11) is 1.51. The van der Waals surface area contributed by atoms with Crippen molar-refractivity contribution in [3.05, 3.63) is 97.0 Å². The number of fused-ring (bicyclic) bond motifs is 1. The summed E-state index contributed by atoms with van der Waals surface area (Å²) in [5.41, 5.74) is 0.564. The summed E-state index contributed by atoms with van der Waals surface area (Å²) in [4.78, 5) is 43.1. The minimum atomic E-state index is -0.589. The van der Waals surface area contributed by atoms with E-state index in [-0.39, 0.29) is 36.3 Å². The Morgan fingerprint density at radius 2 is 2.00 bits per heavy atom. The average molecular weight is 491 g/mol. The largest absolute Gasteiger partial charge is 0.481 e. The summed E-state index contributed by atoms with van der Waals surface area (Å²) >= 11 is 1.06. The van der Waals surface area contributed by atoms with Gasteiger partial charge < -0.3 is 10.1 Å². The van der Waals surface area contributed by atoms with Gasteiger partial charge in [0.25, 0.3) is 11.5 Å². The van der Waals surface area contributed by atoms with E-state index in [1.54, 1.807) is 31.3 Å². The minimum Gasteiger partial charge on any atom is -0.481 e. The number of halogens is 2. The molecule has 0 bridgehead atoms. The molecule has 4 rings (SSSR count). The molecule has 3 aromatic heterocycles. The first kappa shape index (κ1) is 24.1. The standard InChI is InChI=1S/C22H19FN4O4S.ClH/c1-13-20(29)26(11-15-4-3-5-16(23)8-15)22(30)27-12-17(32-21(13)27)19(28)25-10-14-6-7-24-18(9-14)31-2;/h3-9,12H,10-11H2,1-2H3,(H,25,28);1H. The lowest BCUT2D eigenvalue weighted by Gasteiger charge is -2.07. The molecule has 0 aliphatic rings. The number of nitrogens with one attached hydrogen (secondary N) is 1. The second-order valence-electron chi connectivity index (χ2n) is 7.09. The molecule has 1 amide bonds. The highest BCUT2D eigenvalue weighted by Gasteiger charge is 2.18. The SMILES string of the molecule is COc1cc(CNC(=O)c2cn3c(=O)n(Cc4cccc(F)c4)c(=O)c(C)c3s2)ccn1.Cl. The van der Waals surface area contributed by atoms with Gasteiger partial charge in [-0.25, -0.2) is 14.2 Å². The number of ether oxygens (including phenoxy) is 1. The first-order valence-corrected chi connectivity index (χ1v) is 10.5. The van der Waals surface area contributed by atoms with E-state index < -0.39 is 17.1 Å². The normalized spacial score (nSPS) is 10.6. The van der Waals surface area contributed by atoms with Crippen LogP contribution >= 0.6 is 23.7 Å². The number of amides is 1. The van der Waals surface area contributed by atoms with Crippen LogP contribution in [0.15, 0.2) is 58.4 Å². The van der Waals surface area contributed by atoms with Gasteiger partial charge in [0.15, 0.2) is 0 Å². The highest BCUT2D eigenvalue weighted by molar-refractivity contribution is 7.19. The molecule has 8 nitrogen and oxygen atoms in total. The van der Waals surface area contributed by atoms with Gasteiger partial charge in [-0.2, -0.15) is 0 Å². The molecule has 0 fully saturated rings. The Morgan fingerprint density at radius 1 is 1.21 bits per heavy atom. The van der Waals surface area contributed by atoms with Crippen LogP contribution in [0.5, 0.6) is 5.88 Å². The maximum atomic E-state index is 13.5. The van der Waals surface area contributed by atoms with E-state index in [1.165, 1.54) is 35.9 Å². The van der Waals surface area contributed by atoms with Crippen molar-refractivity contribution in [2.45, 2.75) is 20.0 Å². The number of hydrogen-bond acceptors (Lipinski definition) is 6. The van der Waals surface area contributed by atoms with Crippen LogP contribution in [0.3, 0.4) is 0 Å². The first-order valence-electron chi connectivity index (χ1n) is 9.64. The summed E-state index contributed by atoms with van der Waals surface area (Å²) in [5, 5.41) is 2.79. The minimum absolute atomic E-state index is 0. The lowest BCUT2D eigenvalue weighted by atomic mass is 10.2. The number of hydrogen-bond donors (Lipinski definition) is 1. The molecule has 172 valence electrons. The van der Waals surface area contributed by atoms with Crippen molar-refractivity contribution < 1.29 is 13.9 Å². The summed E-state index contributed by atoms with van der Waals surface area (Å²) in [6.45, 7) is 1.77. The van der Waals surface area contributed by atoms with Crippen molar-refractivity contribution in [1.29, 1.82) is 0 Å². The number of aromatic nitrogens is 3. The Labute approximate surface area is 197 Å². The summed E-state index contributed by atoms with van der Waals surface area (Å²) in [5.74, 6) is -0.390. The van der Waals surface area contributed by atoms with Crippen molar-refractivity contribution in [3.63, 3.8) is 0 Å². The van der Waals surface area contributed by atoms with E-state index in [0.717, 1.165) is 21.5 Å². The Kier molecular flexibility index (Phi) is 7.29. The lowest BCUT2D eigenvalue weighted by Crippen LogP contribution is -2.38. The van der Waals surface area contributed by atoms with Crippen LogP contribution in [0.2, 0.25) is 0 Å². The molecule has 1 aromatic carbocycles. The van der Waals surface area contributed by atoms with Crippen LogP contribution < -0.4 is 21.3 Å². The summed E-state index contributed by atoms with van der Waals surface area (Å²) < 4.78 is 20.9. The van der Waals surface area contributed by atoms with Gasteiger partial charge in [0.2, 0.25) is 5.88 Å². The maximum absolute atomic E-state index is 13.5. The van der Waals surface area contributed by atoms with Gasteiger partial charge in [-0.1, -0.05) is 12.1 Å². The number of pyridine rings is 1. The fourth-order valence-electron chi connectivity index (χ4n) is 3.27. The third-order valence-corrected chi connectivity index (χ3v) is 6.12. The molecular weight excluding hydrogens is 471 g/mol. The molecule has 0 atom stereocenters. The Bertz CT molecular complexity index is 1450. The Morgan fingerprint density at radius 3 is 2.73 bits per heavy atom. The third-order valence-electron chi connectivity index (χ3n) is 4.91. The fraction of sp³-hybridized carbons (Fsp3) is 0.182. The number of carbonyl (C=O) groups is 1. The van der Waals surface area contributed by atoms with Crippen molar-refractivity contribution in [2.24, 2.45) is 0 Å². The zero-order chi connectivity index (χ0) is 22.8. The molecule has 0 saturated carbocycles. The molecule has 0 unspecified atom stereocenters. The number of methoxy groups -OCH3 is 1. The molecule has 33 heavy (non-hydrogen) atoms. The molecule has 11 heteroatoms. The number of aryl methyl sites for hydroxylation is 1. The van der Waals surface area contributed by atoms with Gasteiger partial charge in [0.1, 0.15) is 15.5 Å². The van der Waals surface area contributed by atoms with E-state index in [1.807, 2.05) is 0 Å². The van der Waals surface area contributed by atoms with E-state index >= 15 is 0 Å². The zero-order valence-corrected chi connectivity index (χ0v) is 19.3. The second kappa shape index (κ2) is 9.97. The number of rotatable bonds is 6. The number of benzene rings is 1. The van der Waals surface area contributed by atoms with E-state index in [0.29, 0.717) is 21.8 Å². The molecular formula is C22H20ClFN4O4S. The topological polar surface area (TPSA) is 94.7 Å². The summed E-state index contributed by atoms with van der Waals surface area (Å²) in [6.07, 6.45) is 3.00. The number of nitrogens with zero attached hydrogens (tertiary/aromatic N) is 3. The van der Waals surface area contributed by atoms with E-state index in [2.05, 4.69) is 10.3 Å². The Hall–Kier alpha value is -3.50. The van der Waals surface area contributed by atoms with Gasteiger partial charge in [0, 0.05) is 30.6 Å². The molecule has 0 spiro atoms. The van der Waals surface area contributed by atoms with Crippen molar-refractivity contribution in [2.75, 3.05) is 7.11 Å². The molecule has 4 aromatic rings. The fourth-order valence-corrected chi connectivity index (χ4v) is 4.27. The Balaban J connectivity index is 0.00000306. The quantitative estimate of drug-likeness (QED) is 0.448. The van der Waals surface area contributed by atoms with Crippen molar-refractivity contribution in [1.82, 2.24) is 19.3 Å². The summed E-state index contributed by atoms with van der Waals surface area (Å²) in [6, 6.07) is 9.18. The van der Waals surface area contributed by atoms with Gasteiger partial charge in [-0.3, -0.25) is 18.6 Å². The van der Waals surface area contributed by atoms with Gasteiger partial charge in [-0.05, 0) is 36.2 Å². The highest BCUT2D eigenvalue weighted by Crippen LogP contribution is 2.18. The van der Waals surface area contributed by atoms with E-state index in [4.69, 9.17) is 4.74 Å². The monoisotopic (exact) mass is 490 g/mol. The van der Waals surface area contributed by atoms with Crippen molar-refractivity contribution in [3.8, 4) is 5.88 Å². The third kappa shape index (κ3) is 4.96. The smallest absolute Gasteiger partial charge is 0.336 e. The predicted octanol–water partition coefficient (Wildman–Crippen LogP) is 2.77. The number of thiazole rings is 1. The predicted molar refractivity (Wildman–Crippen MR) is 125 cm³/mol. The van der Waals surface area contributed by atoms with Gasteiger partial charge in [0.05, 0.1) is 13.7 Å². The first-order chi connectivity index (χ1) is 15.4. The number of carbonyl (C=O) groups excluding carboxylic acids is 1. The van der Waals surface area contributed by atoms with Crippen LogP contribution in [0, 0.1) is 12.7 Å².